The molecule has 0 N–H and O–H groups in total. The van der Waals surface area contributed by atoms with Crippen LogP contribution in [0, 0.1) is 5.92 Å². The van der Waals surface area contributed by atoms with Crippen LogP contribution in [0.3, 0.4) is 0 Å². The van der Waals surface area contributed by atoms with Crippen molar-refractivity contribution < 1.29 is 23.9 Å². The van der Waals surface area contributed by atoms with E-state index in [1.54, 1.807) is 18.2 Å². The number of benzene rings is 1. The maximum absolute atomic E-state index is 12.4. The van der Waals surface area contributed by atoms with Gasteiger partial charge in [0.05, 0.1) is 18.1 Å². The van der Waals surface area contributed by atoms with E-state index in [1.165, 1.54) is 0 Å². The van der Waals surface area contributed by atoms with Crippen LogP contribution in [0.4, 0.5) is 4.79 Å². The topological polar surface area (TPSA) is 72.9 Å². The molecule has 0 aromatic heterocycles. The third kappa shape index (κ3) is 5.09. The molecular formula is C18H21NO5S. The van der Waals surface area contributed by atoms with E-state index < -0.39 is 17.1 Å². The molecule has 1 heterocycles. The molecule has 134 valence electrons. The summed E-state index contributed by atoms with van der Waals surface area (Å²) < 4.78 is 10.6. The largest absolute Gasteiger partial charge is 0.493 e. The van der Waals surface area contributed by atoms with Crippen LogP contribution in [-0.4, -0.2) is 41.8 Å². The number of amides is 2. The van der Waals surface area contributed by atoms with Crippen molar-refractivity contribution in [2.75, 3.05) is 19.8 Å². The molecule has 25 heavy (non-hydrogen) atoms. The van der Waals surface area contributed by atoms with Gasteiger partial charge in [-0.15, -0.1) is 0 Å². The van der Waals surface area contributed by atoms with Crippen LogP contribution < -0.4 is 4.74 Å². The molecule has 1 saturated heterocycles. The van der Waals surface area contributed by atoms with Crippen LogP contribution in [0.25, 0.3) is 6.08 Å². The second-order valence-corrected chi connectivity index (χ2v) is 6.81. The van der Waals surface area contributed by atoms with Gasteiger partial charge in [0.2, 0.25) is 0 Å². The third-order valence-corrected chi connectivity index (χ3v) is 4.15. The maximum atomic E-state index is 12.4. The van der Waals surface area contributed by atoms with Gasteiger partial charge in [0.1, 0.15) is 12.3 Å². The van der Waals surface area contributed by atoms with Crippen LogP contribution in [0.5, 0.6) is 5.75 Å². The quantitative estimate of drug-likeness (QED) is 0.547. The Bertz CT molecular complexity index is 698. The van der Waals surface area contributed by atoms with E-state index in [9.17, 15) is 14.4 Å². The number of ether oxygens (including phenoxy) is 2. The number of rotatable bonds is 7. The fraction of sp³-hybridized carbons (Fsp3) is 0.389. The lowest BCUT2D eigenvalue weighted by Crippen LogP contribution is -2.34. The number of carbonyl (C=O) groups excluding carboxylic acids is 3. The maximum Gasteiger partial charge on any atom is 0.326 e. The average Bonchev–Trinajstić information content (AvgIpc) is 2.82. The van der Waals surface area contributed by atoms with Gasteiger partial charge in [-0.1, -0.05) is 32.0 Å². The SMILES string of the molecule is CCOc1ccccc1/C=C1/SC(=O)N(CC(=O)OCC(C)C)C1=O. The minimum atomic E-state index is -0.591. The summed E-state index contributed by atoms with van der Waals surface area (Å²) in [5.41, 5.74) is 0.706. The number of hydrogen-bond donors (Lipinski definition) is 0. The minimum Gasteiger partial charge on any atom is -0.493 e. The first-order valence-corrected chi connectivity index (χ1v) is 8.86. The highest BCUT2D eigenvalue weighted by molar-refractivity contribution is 8.18. The van der Waals surface area contributed by atoms with Crippen molar-refractivity contribution in [3.05, 3.63) is 34.7 Å². The lowest BCUT2D eigenvalue weighted by atomic mass is 10.2. The molecule has 1 aromatic carbocycles. The molecule has 2 rings (SSSR count). The zero-order valence-corrected chi connectivity index (χ0v) is 15.3. The van der Waals surface area contributed by atoms with Crippen LogP contribution in [0.1, 0.15) is 26.3 Å². The number of nitrogens with zero attached hydrogens (tertiary/aromatic N) is 1. The number of imide groups is 1. The van der Waals surface area contributed by atoms with E-state index in [-0.39, 0.29) is 24.0 Å². The molecule has 2 amide bonds. The molecule has 6 nitrogen and oxygen atoms in total. The number of carbonyl (C=O) groups is 3. The van der Waals surface area contributed by atoms with Crippen molar-refractivity contribution in [2.45, 2.75) is 20.8 Å². The molecule has 7 heteroatoms. The van der Waals surface area contributed by atoms with Gasteiger partial charge in [-0.3, -0.25) is 19.3 Å². The molecule has 0 saturated carbocycles. The van der Waals surface area contributed by atoms with Gasteiger partial charge in [-0.25, -0.2) is 0 Å². The predicted octanol–water partition coefficient (Wildman–Crippen LogP) is 3.32. The van der Waals surface area contributed by atoms with Crippen LogP contribution in [0.2, 0.25) is 0 Å². The van der Waals surface area contributed by atoms with E-state index in [4.69, 9.17) is 9.47 Å². The average molecular weight is 363 g/mol. The first kappa shape index (κ1) is 19.1. The van der Waals surface area contributed by atoms with E-state index in [0.717, 1.165) is 16.7 Å². The van der Waals surface area contributed by atoms with E-state index in [0.29, 0.717) is 17.9 Å². The Labute approximate surface area is 151 Å². The fourth-order valence-corrected chi connectivity index (χ4v) is 2.93. The van der Waals surface area contributed by atoms with Crippen LogP contribution >= 0.6 is 11.8 Å². The normalized spacial score (nSPS) is 16.0. The van der Waals surface area contributed by atoms with Crippen molar-refractivity contribution in [3.8, 4) is 5.75 Å². The lowest BCUT2D eigenvalue weighted by Gasteiger charge is -2.12. The summed E-state index contributed by atoms with van der Waals surface area (Å²) in [4.78, 5) is 37.4. The molecule has 0 spiro atoms. The molecular weight excluding hydrogens is 342 g/mol. The van der Waals surface area contributed by atoms with Crippen LogP contribution in [0.15, 0.2) is 29.2 Å². The lowest BCUT2D eigenvalue weighted by molar-refractivity contribution is -0.147. The van der Waals surface area contributed by atoms with Gasteiger partial charge in [0.15, 0.2) is 0 Å². The Morgan fingerprint density at radius 1 is 1.28 bits per heavy atom. The van der Waals surface area contributed by atoms with Gasteiger partial charge < -0.3 is 9.47 Å². The Hall–Kier alpha value is -2.28. The highest BCUT2D eigenvalue weighted by atomic mass is 32.2. The van der Waals surface area contributed by atoms with Gasteiger partial charge in [0, 0.05) is 5.56 Å². The Morgan fingerprint density at radius 3 is 2.68 bits per heavy atom. The Morgan fingerprint density at radius 2 is 2.00 bits per heavy atom. The minimum absolute atomic E-state index is 0.189. The highest BCUT2D eigenvalue weighted by Crippen LogP contribution is 2.33. The van der Waals surface area contributed by atoms with Crippen molar-refractivity contribution >= 4 is 35.0 Å². The monoisotopic (exact) mass is 363 g/mol. The Balaban J connectivity index is 2.11. The van der Waals surface area contributed by atoms with Gasteiger partial charge in [0.25, 0.3) is 11.1 Å². The molecule has 0 bridgehead atoms. The van der Waals surface area contributed by atoms with Gasteiger partial charge >= 0.3 is 5.97 Å². The number of para-hydroxylation sites is 1. The highest BCUT2D eigenvalue weighted by Gasteiger charge is 2.36. The summed E-state index contributed by atoms with van der Waals surface area (Å²) in [6.07, 6.45) is 1.61. The summed E-state index contributed by atoms with van der Waals surface area (Å²) >= 11 is 0.805. The second-order valence-electron chi connectivity index (χ2n) is 5.82. The van der Waals surface area contributed by atoms with Gasteiger partial charge in [-0.2, -0.15) is 0 Å². The summed E-state index contributed by atoms with van der Waals surface area (Å²) in [6.45, 7) is 6.06. The smallest absolute Gasteiger partial charge is 0.326 e. The molecule has 0 atom stereocenters. The van der Waals surface area contributed by atoms with Gasteiger partial charge in [-0.05, 0) is 36.7 Å². The standard InChI is InChI=1S/C18H21NO5S/c1-4-23-14-8-6-5-7-13(14)9-15-17(21)19(18(22)25-15)10-16(20)24-11-12(2)3/h5-9,12H,4,10-11H2,1-3H3/b15-9+. The Kier molecular flexibility index (Phi) is 6.64. The number of thioether (sulfide) groups is 1. The number of hydrogen-bond acceptors (Lipinski definition) is 6. The summed E-state index contributed by atoms with van der Waals surface area (Å²) in [7, 11) is 0. The van der Waals surface area contributed by atoms with E-state index in [1.807, 2.05) is 32.9 Å². The van der Waals surface area contributed by atoms with Crippen molar-refractivity contribution in [1.82, 2.24) is 4.90 Å². The fourth-order valence-electron chi connectivity index (χ4n) is 2.10. The van der Waals surface area contributed by atoms with Crippen molar-refractivity contribution in [1.29, 1.82) is 0 Å². The molecule has 1 aliphatic heterocycles. The van der Waals surface area contributed by atoms with E-state index in [2.05, 4.69) is 0 Å². The second kappa shape index (κ2) is 8.71. The molecule has 1 aliphatic rings. The third-order valence-electron chi connectivity index (χ3n) is 3.24. The summed E-state index contributed by atoms with van der Waals surface area (Å²) in [5.74, 6) is -0.267. The molecule has 0 aliphatic carbocycles. The summed E-state index contributed by atoms with van der Waals surface area (Å²) in [6, 6.07) is 7.25. The van der Waals surface area contributed by atoms with E-state index >= 15 is 0 Å². The summed E-state index contributed by atoms with van der Waals surface area (Å²) in [5, 5.41) is -0.480. The predicted molar refractivity (Wildman–Crippen MR) is 96.1 cm³/mol. The van der Waals surface area contributed by atoms with Crippen molar-refractivity contribution in [2.24, 2.45) is 5.92 Å². The first-order valence-electron chi connectivity index (χ1n) is 8.05. The first-order chi connectivity index (χ1) is 11.9. The van der Waals surface area contributed by atoms with Crippen molar-refractivity contribution in [3.63, 3.8) is 0 Å². The molecule has 0 unspecified atom stereocenters. The molecule has 0 radical (unpaired) electrons. The molecule has 1 aromatic rings. The zero-order valence-electron chi connectivity index (χ0n) is 14.5. The zero-order chi connectivity index (χ0) is 18.4. The van der Waals surface area contributed by atoms with Crippen LogP contribution in [-0.2, 0) is 14.3 Å². The molecule has 1 fully saturated rings. The number of esters is 1.